The first-order valence-electron chi connectivity index (χ1n) is 11.0. The van der Waals surface area contributed by atoms with Crippen LogP contribution >= 0.6 is 11.8 Å². The first kappa shape index (κ1) is 24.2. The van der Waals surface area contributed by atoms with Crippen molar-refractivity contribution in [3.63, 3.8) is 0 Å². The highest BCUT2D eigenvalue weighted by atomic mass is 32.2. The molecule has 1 aromatic carbocycles. The zero-order chi connectivity index (χ0) is 24.3. The summed E-state index contributed by atoms with van der Waals surface area (Å²) in [6.45, 7) is 5.64. The van der Waals surface area contributed by atoms with E-state index in [2.05, 4.69) is 27.1 Å². The van der Waals surface area contributed by atoms with E-state index in [9.17, 15) is 18.0 Å². The molecule has 0 spiro atoms. The van der Waals surface area contributed by atoms with Crippen LogP contribution in [0.2, 0.25) is 0 Å². The van der Waals surface area contributed by atoms with E-state index in [0.717, 1.165) is 45.3 Å². The number of pyridine rings is 2. The van der Waals surface area contributed by atoms with Gasteiger partial charge in [0.2, 0.25) is 0 Å². The standard InChI is InChI=1S/C25H25F3N4OS/c1-3-34-21-8-9-22(30-12-21)16(2)31-24(33)18-10-19-14-32(15-23(19)29-11-18)13-17-4-6-20(7-5-17)25(26,27)28/h4-12,16H,3,13-15H2,1-2H3,(H,31,33). The Bertz CT molecular complexity index is 1150. The Morgan fingerprint density at radius 3 is 2.53 bits per heavy atom. The second-order valence-corrected chi connectivity index (χ2v) is 9.55. The Hall–Kier alpha value is -2.91. The number of benzene rings is 1. The summed E-state index contributed by atoms with van der Waals surface area (Å²) in [6.07, 6.45) is -0.959. The summed E-state index contributed by atoms with van der Waals surface area (Å²) < 4.78 is 38.3. The van der Waals surface area contributed by atoms with Crippen molar-refractivity contribution in [2.24, 2.45) is 0 Å². The molecule has 1 aliphatic rings. The highest BCUT2D eigenvalue weighted by Gasteiger charge is 2.30. The molecule has 1 unspecified atom stereocenters. The summed E-state index contributed by atoms with van der Waals surface area (Å²) in [5.41, 5.74) is 3.22. The third-order valence-corrected chi connectivity index (χ3v) is 6.50. The molecule has 1 N–H and O–H groups in total. The topological polar surface area (TPSA) is 58.1 Å². The third-order valence-electron chi connectivity index (χ3n) is 5.64. The highest BCUT2D eigenvalue weighted by molar-refractivity contribution is 7.99. The monoisotopic (exact) mass is 486 g/mol. The van der Waals surface area contributed by atoms with Crippen molar-refractivity contribution in [3.8, 4) is 0 Å². The minimum atomic E-state index is -4.34. The number of halogens is 3. The zero-order valence-electron chi connectivity index (χ0n) is 18.9. The molecule has 5 nitrogen and oxygen atoms in total. The molecule has 0 saturated heterocycles. The molecular weight excluding hydrogens is 461 g/mol. The molecule has 0 aliphatic carbocycles. The number of alkyl halides is 3. The lowest BCUT2D eigenvalue weighted by molar-refractivity contribution is -0.137. The lowest BCUT2D eigenvalue weighted by Gasteiger charge is -2.15. The van der Waals surface area contributed by atoms with Crippen molar-refractivity contribution < 1.29 is 18.0 Å². The lowest BCUT2D eigenvalue weighted by Crippen LogP contribution is -2.27. The Morgan fingerprint density at radius 1 is 1.12 bits per heavy atom. The summed E-state index contributed by atoms with van der Waals surface area (Å²) in [7, 11) is 0. The smallest absolute Gasteiger partial charge is 0.344 e. The fourth-order valence-corrected chi connectivity index (χ4v) is 4.50. The van der Waals surface area contributed by atoms with Crippen LogP contribution in [0.5, 0.6) is 0 Å². The first-order valence-corrected chi connectivity index (χ1v) is 12.0. The van der Waals surface area contributed by atoms with Gasteiger partial charge in [-0.25, -0.2) is 0 Å². The van der Waals surface area contributed by atoms with E-state index in [1.165, 1.54) is 12.1 Å². The molecule has 2 aromatic heterocycles. The SMILES string of the molecule is CCSc1ccc(C(C)NC(=O)c2cnc3c(c2)CN(Cc2ccc(C(F)(F)F)cc2)C3)nc1. The fourth-order valence-electron chi connectivity index (χ4n) is 3.87. The van der Waals surface area contributed by atoms with E-state index in [1.54, 1.807) is 18.0 Å². The average molecular weight is 487 g/mol. The van der Waals surface area contributed by atoms with E-state index >= 15 is 0 Å². The fraction of sp³-hybridized carbons (Fsp3) is 0.320. The molecule has 0 fully saturated rings. The molecule has 9 heteroatoms. The Balaban J connectivity index is 1.36. The number of nitrogens with one attached hydrogen (secondary N) is 1. The van der Waals surface area contributed by atoms with Crippen molar-refractivity contribution >= 4 is 17.7 Å². The Kier molecular flexibility index (Phi) is 7.23. The molecule has 0 saturated carbocycles. The molecule has 1 aliphatic heterocycles. The van der Waals surface area contributed by atoms with Crippen LogP contribution in [0.25, 0.3) is 0 Å². The predicted octanol–water partition coefficient (Wildman–Crippen LogP) is 5.61. The van der Waals surface area contributed by atoms with Crippen molar-refractivity contribution in [2.45, 2.75) is 50.6 Å². The number of nitrogens with zero attached hydrogens (tertiary/aromatic N) is 3. The normalized spacial score (nSPS) is 14.6. The summed E-state index contributed by atoms with van der Waals surface area (Å²) in [5, 5.41) is 2.97. The number of carbonyl (C=O) groups is 1. The number of carbonyl (C=O) groups excluding carboxylic acids is 1. The minimum absolute atomic E-state index is 0.224. The summed E-state index contributed by atoms with van der Waals surface area (Å²) in [5.74, 6) is 0.748. The van der Waals surface area contributed by atoms with Crippen LogP contribution in [-0.4, -0.2) is 26.5 Å². The van der Waals surface area contributed by atoms with E-state index < -0.39 is 11.7 Å². The molecule has 3 heterocycles. The largest absolute Gasteiger partial charge is 0.416 e. The van der Waals surface area contributed by atoms with E-state index in [0.29, 0.717) is 25.2 Å². The van der Waals surface area contributed by atoms with Crippen LogP contribution in [0.3, 0.4) is 0 Å². The highest BCUT2D eigenvalue weighted by Crippen LogP contribution is 2.30. The van der Waals surface area contributed by atoms with Crippen LogP contribution in [0, 0.1) is 0 Å². The Labute approximate surface area is 200 Å². The lowest BCUT2D eigenvalue weighted by atomic mass is 10.1. The van der Waals surface area contributed by atoms with Gasteiger partial charge in [-0.1, -0.05) is 19.1 Å². The van der Waals surface area contributed by atoms with Crippen LogP contribution in [-0.2, 0) is 25.8 Å². The number of amides is 1. The number of thioether (sulfide) groups is 1. The zero-order valence-corrected chi connectivity index (χ0v) is 19.7. The molecule has 1 atom stereocenters. The molecule has 0 bridgehead atoms. The maximum Gasteiger partial charge on any atom is 0.416 e. The van der Waals surface area contributed by atoms with Gasteiger partial charge in [-0.15, -0.1) is 11.8 Å². The number of aromatic nitrogens is 2. The summed E-state index contributed by atoms with van der Waals surface area (Å²) in [4.78, 5) is 24.9. The van der Waals surface area contributed by atoms with Gasteiger partial charge in [0.05, 0.1) is 28.6 Å². The van der Waals surface area contributed by atoms with Gasteiger partial charge >= 0.3 is 6.18 Å². The third kappa shape index (κ3) is 5.77. The summed E-state index contributed by atoms with van der Waals surface area (Å²) >= 11 is 1.71. The van der Waals surface area contributed by atoms with Gasteiger partial charge in [-0.3, -0.25) is 19.7 Å². The van der Waals surface area contributed by atoms with Gasteiger partial charge < -0.3 is 5.32 Å². The van der Waals surface area contributed by atoms with Gasteiger partial charge in [0.15, 0.2) is 0 Å². The minimum Gasteiger partial charge on any atom is -0.344 e. The number of hydrogen-bond acceptors (Lipinski definition) is 5. The number of rotatable bonds is 7. The molecule has 3 aromatic rings. The van der Waals surface area contributed by atoms with Crippen LogP contribution in [0.4, 0.5) is 13.2 Å². The first-order chi connectivity index (χ1) is 16.2. The number of fused-ring (bicyclic) bond motifs is 1. The van der Waals surface area contributed by atoms with Gasteiger partial charge in [-0.05, 0) is 54.1 Å². The molecular formula is C25H25F3N4OS. The van der Waals surface area contributed by atoms with E-state index in [4.69, 9.17) is 0 Å². The van der Waals surface area contributed by atoms with E-state index in [1.807, 2.05) is 31.3 Å². The van der Waals surface area contributed by atoms with Crippen molar-refractivity contribution in [1.29, 1.82) is 0 Å². The van der Waals surface area contributed by atoms with Gasteiger partial charge in [0, 0.05) is 36.9 Å². The van der Waals surface area contributed by atoms with Gasteiger partial charge in [0.1, 0.15) is 0 Å². The predicted molar refractivity (Wildman–Crippen MR) is 125 cm³/mol. The van der Waals surface area contributed by atoms with Crippen LogP contribution in [0.15, 0.2) is 59.8 Å². The maximum atomic E-state index is 12.8. The average Bonchev–Trinajstić information content (AvgIpc) is 3.21. The van der Waals surface area contributed by atoms with Gasteiger partial charge in [0.25, 0.3) is 5.91 Å². The van der Waals surface area contributed by atoms with Gasteiger partial charge in [-0.2, -0.15) is 13.2 Å². The van der Waals surface area contributed by atoms with Crippen molar-refractivity contribution in [1.82, 2.24) is 20.2 Å². The van der Waals surface area contributed by atoms with Crippen molar-refractivity contribution in [3.05, 3.63) is 88.5 Å². The van der Waals surface area contributed by atoms with E-state index in [-0.39, 0.29) is 11.9 Å². The second-order valence-electron chi connectivity index (χ2n) is 8.22. The Morgan fingerprint density at radius 2 is 1.88 bits per heavy atom. The van der Waals surface area contributed by atoms with Crippen LogP contribution < -0.4 is 5.32 Å². The summed E-state index contributed by atoms with van der Waals surface area (Å²) in [6, 6.07) is 10.7. The molecule has 178 valence electrons. The quantitative estimate of drug-likeness (QED) is 0.440. The maximum absolute atomic E-state index is 12.8. The number of hydrogen-bond donors (Lipinski definition) is 1. The van der Waals surface area contributed by atoms with Crippen LogP contribution in [0.1, 0.15) is 58.3 Å². The molecule has 0 radical (unpaired) electrons. The molecule has 4 rings (SSSR count). The van der Waals surface area contributed by atoms with Crippen molar-refractivity contribution in [2.75, 3.05) is 5.75 Å². The molecule has 1 amide bonds. The second kappa shape index (κ2) is 10.1. The molecule has 34 heavy (non-hydrogen) atoms.